The van der Waals surface area contributed by atoms with Crippen molar-refractivity contribution in [1.82, 2.24) is 9.78 Å². The Labute approximate surface area is 117 Å². The maximum absolute atomic E-state index is 12.9. The first-order valence-electron chi connectivity index (χ1n) is 5.82. The molecule has 0 unspecified atom stereocenters. The molecule has 0 radical (unpaired) electrons. The maximum atomic E-state index is 12.9. The van der Waals surface area contributed by atoms with Crippen LogP contribution in [0.4, 0.5) is 13.2 Å². The van der Waals surface area contributed by atoms with Gasteiger partial charge >= 0.3 is 11.7 Å². The molecule has 1 aromatic heterocycles. The van der Waals surface area contributed by atoms with E-state index in [1.54, 1.807) is 0 Å². The van der Waals surface area contributed by atoms with Crippen LogP contribution in [0.15, 0.2) is 29.1 Å². The van der Waals surface area contributed by atoms with E-state index >= 15 is 0 Å². The number of hydrogen-bond acceptors (Lipinski definition) is 4. The second kappa shape index (κ2) is 5.12. The Kier molecular flexibility index (Phi) is 3.63. The highest BCUT2D eigenvalue weighted by atomic mass is 19.4. The second-order valence-electron chi connectivity index (χ2n) is 4.29. The van der Waals surface area contributed by atoms with E-state index in [1.165, 1.54) is 26.1 Å². The molecule has 0 aliphatic carbocycles. The number of aryl methyl sites for hydroxylation is 2. The van der Waals surface area contributed by atoms with Crippen molar-refractivity contribution in [2.24, 2.45) is 7.05 Å². The van der Waals surface area contributed by atoms with Crippen molar-refractivity contribution >= 4 is 0 Å². The SMILES string of the molecule is Cc1nn(C)c(=O)c(Oc2ccccc2C(F)(F)F)c1O. The summed E-state index contributed by atoms with van der Waals surface area (Å²) in [7, 11) is 1.30. The van der Waals surface area contributed by atoms with Crippen LogP contribution in [-0.2, 0) is 13.2 Å². The molecule has 0 fully saturated rings. The lowest BCUT2D eigenvalue weighted by molar-refractivity contribution is -0.138. The van der Waals surface area contributed by atoms with Gasteiger partial charge in [-0.05, 0) is 19.1 Å². The molecule has 21 heavy (non-hydrogen) atoms. The highest BCUT2D eigenvalue weighted by Gasteiger charge is 2.34. The van der Waals surface area contributed by atoms with Crippen molar-refractivity contribution < 1.29 is 23.0 Å². The van der Waals surface area contributed by atoms with E-state index in [1.807, 2.05) is 0 Å². The Balaban J connectivity index is 2.57. The van der Waals surface area contributed by atoms with Crippen LogP contribution in [0, 0.1) is 6.92 Å². The van der Waals surface area contributed by atoms with E-state index in [4.69, 9.17) is 4.74 Å². The van der Waals surface area contributed by atoms with Gasteiger partial charge in [0.1, 0.15) is 11.4 Å². The number of alkyl halides is 3. The predicted molar refractivity (Wildman–Crippen MR) is 67.4 cm³/mol. The topological polar surface area (TPSA) is 64.4 Å². The third-order valence-corrected chi connectivity index (χ3v) is 2.75. The van der Waals surface area contributed by atoms with Crippen LogP contribution in [0.25, 0.3) is 0 Å². The normalized spacial score (nSPS) is 11.5. The van der Waals surface area contributed by atoms with E-state index in [0.29, 0.717) is 0 Å². The summed E-state index contributed by atoms with van der Waals surface area (Å²) in [4.78, 5) is 11.8. The highest BCUT2D eigenvalue weighted by Crippen LogP contribution is 2.38. The first-order valence-corrected chi connectivity index (χ1v) is 5.82. The van der Waals surface area contributed by atoms with Gasteiger partial charge in [-0.15, -0.1) is 0 Å². The van der Waals surface area contributed by atoms with E-state index in [2.05, 4.69) is 5.10 Å². The van der Waals surface area contributed by atoms with Gasteiger partial charge in [-0.25, -0.2) is 4.68 Å². The van der Waals surface area contributed by atoms with Crippen LogP contribution in [0.2, 0.25) is 0 Å². The molecular weight excluding hydrogens is 289 g/mol. The van der Waals surface area contributed by atoms with Gasteiger partial charge in [0.15, 0.2) is 5.75 Å². The van der Waals surface area contributed by atoms with Crippen LogP contribution in [-0.4, -0.2) is 14.9 Å². The molecule has 0 saturated heterocycles. The summed E-state index contributed by atoms with van der Waals surface area (Å²) in [6.45, 7) is 1.40. The van der Waals surface area contributed by atoms with Crippen molar-refractivity contribution in [1.29, 1.82) is 0 Å². The fourth-order valence-corrected chi connectivity index (χ4v) is 1.72. The Morgan fingerprint density at radius 1 is 1.29 bits per heavy atom. The summed E-state index contributed by atoms with van der Waals surface area (Å²) in [5.74, 6) is -1.75. The van der Waals surface area contributed by atoms with Gasteiger partial charge in [-0.3, -0.25) is 4.79 Å². The first kappa shape index (κ1) is 14.9. The Hall–Kier alpha value is -2.51. The molecule has 0 amide bonds. The Morgan fingerprint density at radius 3 is 2.52 bits per heavy atom. The molecule has 2 rings (SSSR count). The standard InChI is InChI=1S/C13H11F3N2O3/c1-7-10(19)11(12(20)18(2)17-7)21-9-6-4-3-5-8(9)13(14,15)16/h3-6,19H,1-2H3. The van der Waals surface area contributed by atoms with Crippen LogP contribution >= 0.6 is 0 Å². The minimum Gasteiger partial charge on any atom is -0.503 e. The lowest BCUT2D eigenvalue weighted by Crippen LogP contribution is -2.22. The predicted octanol–water partition coefficient (Wildman–Crippen LogP) is 2.61. The zero-order valence-electron chi connectivity index (χ0n) is 11.1. The van der Waals surface area contributed by atoms with Crippen LogP contribution in [0.1, 0.15) is 11.3 Å². The van der Waals surface area contributed by atoms with Crippen molar-refractivity contribution in [3.8, 4) is 17.2 Å². The summed E-state index contributed by atoms with van der Waals surface area (Å²) in [6, 6.07) is 4.42. The van der Waals surface area contributed by atoms with Crippen LogP contribution in [0.5, 0.6) is 17.2 Å². The minimum atomic E-state index is -4.64. The smallest absolute Gasteiger partial charge is 0.419 e. The van der Waals surface area contributed by atoms with Gasteiger partial charge in [0, 0.05) is 7.05 Å². The van der Waals surface area contributed by atoms with Gasteiger partial charge in [0.2, 0.25) is 5.75 Å². The van der Waals surface area contributed by atoms with Gasteiger partial charge in [0.25, 0.3) is 0 Å². The summed E-state index contributed by atoms with van der Waals surface area (Å²) in [5, 5.41) is 13.5. The number of nitrogens with zero attached hydrogens (tertiary/aromatic N) is 2. The number of para-hydroxylation sites is 1. The van der Waals surface area contributed by atoms with E-state index < -0.39 is 34.5 Å². The Bertz CT molecular complexity index is 738. The zero-order chi connectivity index (χ0) is 15.8. The molecule has 112 valence electrons. The zero-order valence-corrected chi connectivity index (χ0v) is 11.1. The van der Waals surface area contributed by atoms with Crippen molar-refractivity contribution in [3.63, 3.8) is 0 Å². The fourth-order valence-electron chi connectivity index (χ4n) is 1.72. The number of ether oxygens (including phenoxy) is 1. The molecule has 1 aromatic carbocycles. The quantitative estimate of drug-likeness (QED) is 0.926. The number of hydrogen-bond donors (Lipinski definition) is 1. The van der Waals surface area contributed by atoms with Gasteiger partial charge in [-0.2, -0.15) is 18.3 Å². The lowest BCUT2D eigenvalue weighted by atomic mass is 10.2. The van der Waals surface area contributed by atoms with Gasteiger partial charge in [0.05, 0.1) is 5.56 Å². The fraction of sp³-hybridized carbons (Fsp3) is 0.231. The summed E-state index contributed by atoms with van der Waals surface area (Å²) < 4.78 is 44.5. The number of rotatable bonds is 2. The summed E-state index contributed by atoms with van der Waals surface area (Å²) in [6.07, 6.45) is -4.64. The molecule has 1 heterocycles. The average Bonchev–Trinajstić information content (AvgIpc) is 2.41. The van der Waals surface area contributed by atoms with E-state index in [0.717, 1.165) is 16.8 Å². The second-order valence-corrected chi connectivity index (χ2v) is 4.29. The lowest BCUT2D eigenvalue weighted by Gasteiger charge is -2.14. The van der Waals surface area contributed by atoms with Crippen LogP contribution in [0.3, 0.4) is 0 Å². The molecule has 0 bridgehead atoms. The summed E-state index contributed by atoms with van der Waals surface area (Å²) in [5.41, 5.74) is -1.81. The minimum absolute atomic E-state index is 0.0663. The highest BCUT2D eigenvalue weighted by molar-refractivity contribution is 5.45. The van der Waals surface area contributed by atoms with Crippen molar-refractivity contribution in [3.05, 3.63) is 45.9 Å². The van der Waals surface area contributed by atoms with Crippen LogP contribution < -0.4 is 10.3 Å². The van der Waals surface area contributed by atoms with E-state index in [-0.39, 0.29) is 5.69 Å². The molecule has 5 nitrogen and oxygen atoms in total. The molecule has 1 N–H and O–H groups in total. The Morgan fingerprint density at radius 2 is 1.90 bits per heavy atom. The number of benzene rings is 1. The molecule has 2 aromatic rings. The first-order chi connectivity index (χ1) is 9.71. The van der Waals surface area contributed by atoms with Gasteiger partial charge in [-0.1, -0.05) is 12.1 Å². The number of halogens is 3. The largest absolute Gasteiger partial charge is 0.503 e. The molecular formula is C13H11F3N2O3. The molecule has 0 aliphatic heterocycles. The molecule has 8 heteroatoms. The molecule has 0 aliphatic rings. The van der Waals surface area contributed by atoms with Gasteiger partial charge < -0.3 is 9.84 Å². The molecule has 0 spiro atoms. The molecule has 0 saturated carbocycles. The summed E-state index contributed by atoms with van der Waals surface area (Å²) >= 11 is 0. The monoisotopic (exact) mass is 300 g/mol. The average molecular weight is 300 g/mol. The number of aromatic hydroxyl groups is 1. The van der Waals surface area contributed by atoms with E-state index in [9.17, 15) is 23.1 Å². The third-order valence-electron chi connectivity index (χ3n) is 2.75. The van der Waals surface area contributed by atoms with Crippen molar-refractivity contribution in [2.45, 2.75) is 13.1 Å². The maximum Gasteiger partial charge on any atom is 0.419 e. The van der Waals surface area contributed by atoms with Crippen molar-refractivity contribution in [2.75, 3.05) is 0 Å². The number of aromatic nitrogens is 2. The third kappa shape index (κ3) is 2.83. The molecule has 0 atom stereocenters.